The Morgan fingerprint density at radius 2 is 1.91 bits per heavy atom. The number of aryl methyl sites for hydroxylation is 2. The first-order valence-electron chi connectivity index (χ1n) is 7.00. The molecule has 0 aliphatic rings. The second kappa shape index (κ2) is 7.23. The van der Waals surface area contributed by atoms with E-state index in [2.05, 4.69) is 4.98 Å². The molecule has 0 saturated carbocycles. The fourth-order valence-corrected chi connectivity index (χ4v) is 2.90. The Bertz CT molecular complexity index is 709. The van der Waals surface area contributed by atoms with Crippen molar-refractivity contribution in [3.8, 4) is 5.75 Å². The zero-order valence-electron chi connectivity index (χ0n) is 13.2. The third kappa shape index (κ3) is 4.53. The lowest BCUT2D eigenvalue weighted by molar-refractivity contribution is -0.139. The van der Waals surface area contributed by atoms with Gasteiger partial charge >= 0.3 is 5.97 Å². The SMILES string of the molecule is Cc1nc(C(=O)N(C)Cc2ccc(OCC(=O)O)cc2)c(C)s1. The molecule has 6 nitrogen and oxygen atoms in total. The molecule has 1 heterocycles. The highest BCUT2D eigenvalue weighted by molar-refractivity contribution is 7.11. The largest absolute Gasteiger partial charge is 0.482 e. The predicted molar refractivity (Wildman–Crippen MR) is 87.0 cm³/mol. The molecule has 0 aliphatic carbocycles. The van der Waals surface area contributed by atoms with Crippen molar-refractivity contribution in [2.75, 3.05) is 13.7 Å². The average Bonchev–Trinajstić information content (AvgIpc) is 2.84. The summed E-state index contributed by atoms with van der Waals surface area (Å²) in [6.45, 7) is 3.83. The van der Waals surface area contributed by atoms with Crippen LogP contribution in [0.1, 0.15) is 25.9 Å². The van der Waals surface area contributed by atoms with Crippen molar-refractivity contribution in [1.82, 2.24) is 9.88 Å². The van der Waals surface area contributed by atoms with Gasteiger partial charge in [0.05, 0.1) is 5.01 Å². The smallest absolute Gasteiger partial charge is 0.341 e. The zero-order valence-corrected chi connectivity index (χ0v) is 14.0. The van der Waals surface area contributed by atoms with E-state index >= 15 is 0 Å². The number of hydrogen-bond donors (Lipinski definition) is 1. The minimum atomic E-state index is -1.02. The molecule has 0 saturated heterocycles. The van der Waals surface area contributed by atoms with Crippen LogP contribution < -0.4 is 4.74 Å². The topological polar surface area (TPSA) is 79.7 Å². The van der Waals surface area contributed by atoms with Gasteiger partial charge in [0, 0.05) is 18.5 Å². The molecule has 122 valence electrons. The number of carboxylic acids is 1. The van der Waals surface area contributed by atoms with E-state index in [9.17, 15) is 9.59 Å². The minimum Gasteiger partial charge on any atom is -0.482 e. The van der Waals surface area contributed by atoms with Gasteiger partial charge in [-0.25, -0.2) is 9.78 Å². The first-order chi connectivity index (χ1) is 10.9. The Balaban J connectivity index is 1.99. The fraction of sp³-hybridized carbons (Fsp3) is 0.312. The Hall–Kier alpha value is -2.41. The van der Waals surface area contributed by atoms with E-state index in [4.69, 9.17) is 9.84 Å². The predicted octanol–water partition coefficient (Wildman–Crippen LogP) is 2.50. The number of carboxylic acid groups (broad SMARTS) is 1. The molecule has 1 amide bonds. The second-order valence-corrected chi connectivity index (χ2v) is 6.53. The molecule has 2 rings (SSSR count). The summed E-state index contributed by atoms with van der Waals surface area (Å²) in [6.07, 6.45) is 0. The van der Waals surface area contributed by atoms with E-state index in [1.165, 1.54) is 11.3 Å². The molecule has 0 aliphatic heterocycles. The van der Waals surface area contributed by atoms with Gasteiger partial charge in [-0.3, -0.25) is 4.79 Å². The van der Waals surface area contributed by atoms with Crippen LogP contribution >= 0.6 is 11.3 Å². The lowest BCUT2D eigenvalue weighted by atomic mass is 10.2. The number of carbonyl (C=O) groups is 2. The molecule has 2 aromatic rings. The normalized spacial score (nSPS) is 10.4. The van der Waals surface area contributed by atoms with Gasteiger partial charge in [0.25, 0.3) is 5.91 Å². The first kappa shape index (κ1) is 17.0. The van der Waals surface area contributed by atoms with Gasteiger partial charge in [-0.1, -0.05) is 12.1 Å². The lowest BCUT2D eigenvalue weighted by Gasteiger charge is -2.16. The van der Waals surface area contributed by atoms with Gasteiger partial charge in [0.2, 0.25) is 0 Å². The molecule has 0 radical (unpaired) electrons. The van der Waals surface area contributed by atoms with Crippen LogP contribution in [0.5, 0.6) is 5.75 Å². The van der Waals surface area contributed by atoms with E-state index in [0.717, 1.165) is 15.4 Å². The number of benzene rings is 1. The fourth-order valence-electron chi connectivity index (χ4n) is 2.09. The van der Waals surface area contributed by atoms with E-state index in [1.807, 2.05) is 13.8 Å². The van der Waals surface area contributed by atoms with Crippen molar-refractivity contribution in [2.24, 2.45) is 0 Å². The number of aromatic nitrogens is 1. The molecule has 0 fully saturated rings. The van der Waals surface area contributed by atoms with Crippen LogP contribution in [0.15, 0.2) is 24.3 Å². The van der Waals surface area contributed by atoms with Gasteiger partial charge < -0.3 is 14.7 Å². The monoisotopic (exact) mass is 334 g/mol. The Kier molecular flexibility index (Phi) is 5.33. The van der Waals surface area contributed by atoms with Crippen molar-refractivity contribution in [3.05, 3.63) is 45.4 Å². The number of thiazole rings is 1. The van der Waals surface area contributed by atoms with Crippen LogP contribution in [0.2, 0.25) is 0 Å². The standard InChI is InChI=1S/C16H18N2O4S/c1-10-15(17-11(2)23-10)16(21)18(3)8-12-4-6-13(7-5-12)22-9-14(19)20/h4-7H,8-9H2,1-3H3,(H,19,20). The molecular weight excluding hydrogens is 316 g/mol. The lowest BCUT2D eigenvalue weighted by Crippen LogP contribution is -2.27. The van der Waals surface area contributed by atoms with Crippen LogP contribution in [0.25, 0.3) is 0 Å². The number of rotatable bonds is 6. The molecule has 0 unspecified atom stereocenters. The summed E-state index contributed by atoms with van der Waals surface area (Å²) in [4.78, 5) is 29.7. The second-order valence-electron chi connectivity index (χ2n) is 5.13. The summed E-state index contributed by atoms with van der Waals surface area (Å²) in [5.41, 5.74) is 1.42. The highest BCUT2D eigenvalue weighted by Gasteiger charge is 2.18. The summed E-state index contributed by atoms with van der Waals surface area (Å²) in [5, 5.41) is 9.44. The summed E-state index contributed by atoms with van der Waals surface area (Å²) >= 11 is 1.51. The van der Waals surface area contributed by atoms with Crippen molar-refractivity contribution in [3.63, 3.8) is 0 Å². The third-order valence-corrected chi connectivity index (χ3v) is 4.04. The molecule has 1 aromatic carbocycles. The van der Waals surface area contributed by atoms with E-state index in [1.54, 1.807) is 36.2 Å². The van der Waals surface area contributed by atoms with Crippen LogP contribution in [0.3, 0.4) is 0 Å². The molecule has 0 atom stereocenters. The number of carbonyl (C=O) groups excluding carboxylic acids is 1. The maximum Gasteiger partial charge on any atom is 0.341 e. The molecule has 7 heteroatoms. The summed E-state index contributed by atoms with van der Waals surface area (Å²) in [7, 11) is 1.73. The van der Waals surface area contributed by atoms with Crippen LogP contribution in [-0.2, 0) is 11.3 Å². The maximum absolute atomic E-state index is 12.4. The first-order valence-corrected chi connectivity index (χ1v) is 7.81. The van der Waals surface area contributed by atoms with Gasteiger partial charge in [-0.15, -0.1) is 11.3 Å². The number of ether oxygens (including phenoxy) is 1. The van der Waals surface area contributed by atoms with Crippen molar-refractivity contribution in [1.29, 1.82) is 0 Å². The summed E-state index contributed by atoms with van der Waals surface area (Å²) < 4.78 is 5.07. The molecule has 1 N–H and O–H groups in total. The number of aliphatic carboxylic acids is 1. The summed E-state index contributed by atoms with van der Waals surface area (Å²) in [6, 6.07) is 6.99. The number of nitrogens with zero attached hydrogens (tertiary/aromatic N) is 2. The maximum atomic E-state index is 12.4. The highest BCUT2D eigenvalue weighted by atomic mass is 32.1. The highest BCUT2D eigenvalue weighted by Crippen LogP contribution is 2.19. The average molecular weight is 334 g/mol. The Morgan fingerprint density at radius 1 is 1.26 bits per heavy atom. The molecule has 23 heavy (non-hydrogen) atoms. The van der Waals surface area contributed by atoms with Crippen molar-refractivity contribution >= 4 is 23.2 Å². The third-order valence-electron chi connectivity index (χ3n) is 3.16. The zero-order chi connectivity index (χ0) is 17.0. The minimum absolute atomic E-state index is 0.113. The molecule has 0 bridgehead atoms. The van der Waals surface area contributed by atoms with Gasteiger partial charge in [0.15, 0.2) is 6.61 Å². The van der Waals surface area contributed by atoms with E-state index < -0.39 is 5.97 Å². The Labute approximate surface area is 138 Å². The number of hydrogen-bond acceptors (Lipinski definition) is 5. The van der Waals surface area contributed by atoms with Crippen LogP contribution in [0.4, 0.5) is 0 Å². The van der Waals surface area contributed by atoms with Gasteiger partial charge in [-0.05, 0) is 31.5 Å². The molecular formula is C16H18N2O4S. The van der Waals surface area contributed by atoms with E-state index in [-0.39, 0.29) is 12.5 Å². The van der Waals surface area contributed by atoms with Crippen LogP contribution in [-0.4, -0.2) is 40.5 Å². The van der Waals surface area contributed by atoms with Crippen molar-refractivity contribution in [2.45, 2.75) is 20.4 Å². The van der Waals surface area contributed by atoms with Gasteiger partial charge in [0.1, 0.15) is 11.4 Å². The van der Waals surface area contributed by atoms with Crippen LogP contribution in [0, 0.1) is 13.8 Å². The summed E-state index contributed by atoms with van der Waals surface area (Å²) in [5.74, 6) is -0.650. The molecule has 0 spiro atoms. The number of amides is 1. The quantitative estimate of drug-likeness (QED) is 0.878. The van der Waals surface area contributed by atoms with Gasteiger partial charge in [-0.2, -0.15) is 0 Å². The van der Waals surface area contributed by atoms with Crippen molar-refractivity contribution < 1.29 is 19.4 Å². The Morgan fingerprint density at radius 3 is 2.43 bits per heavy atom. The molecule has 1 aromatic heterocycles. The van der Waals surface area contributed by atoms with E-state index in [0.29, 0.717) is 18.0 Å².